The van der Waals surface area contributed by atoms with Crippen molar-refractivity contribution in [2.24, 2.45) is 0 Å². The smallest absolute Gasteiger partial charge is 0.126 e. The summed E-state index contributed by atoms with van der Waals surface area (Å²) in [5.41, 5.74) is 1.89. The van der Waals surface area contributed by atoms with E-state index in [2.05, 4.69) is 0 Å². The maximum atomic E-state index is 13.5. The lowest BCUT2D eigenvalue weighted by atomic mass is 10.2. The molecule has 2 heteroatoms. The minimum absolute atomic E-state index is 0.00376. The fourth-order valence-corrected chi connectivity index (χ4v) is 1.61. The Balaban J connectivity index is 1.82. The van der Waals surface area contributed by atoms with Gasteiger partial charge in [-0.15, -0.1) is 0 Å². The highest BCUT2D eigenvalue weighted by Crippen LogP contribution is 2.09. The van der Waals surface area contributed by atoms with E-state index in [0.29, 0.717) is 6.61 Å². The Bertz CT molecular complexity index is 491. The lowest BCUT2D eigenvalue weighted by Crippen LogP contribution is -1.95. The Kier molecular flexibility index (Phi) is 4.68. The summed E-state index contributed by atoms with van der Waals surface area (Å²) in [4.78, 5) is 0. The van der Waals surface area contributed by atoms with Crippen LogP contribution in [0.25, 0.3) is 6.08 Å². The molecule has 0 bridgehead atoms. The Morgan fingerprint density at radius 1 is 0.944 bits per heavy atom. The Labute approximate surface area is 107 Å². The van der Waals surface area contributed by atoms with Crippen LogP contribution in [-0.2, 0) is 11.3 Å². The van der Waals surface area contributed by atoms with Crippen LogP contribution in [0, 0.1) is 0 Å². The molecule has 92 valence electrons. The highest BCUT2D eigenvalue weighted by atomic mass is 19.1. The highest BCUT2D eigenvalue weighted by molar-refractivity contribution is 5.50. The molecular weight excluding hydrogens is 227 g/mol. The van der Waals surface area contributed by atoms with Crippen molar-refractivity contribution in [1.29, 1.82) is 0 Å². The monoisotopic (exact) mass is 242 g/mol. The maximum Gasteiger partial charge on any atom is 0.126 e. The molecule has 0 unspecified atom stereocenters. The Morgan fingerprint density at radius 3 is 2.22 bits per heavy atom. The molecule has 0 aliphatic rings. The number of rotatable bonds is 5. The first kappa shape index (κ1) is 12.5. The summed E-state index contributed by atoms with van der Waals surface area (Å²) >= 11 is 0. The molecule has 0 N–H and O–H groups in total. The maximum absolute atomic E-state index is 13.5. The van der Waals surface area contributed by atoms with E-state index < -0.39 is 0 Å². The van der Waals surface area contributed by atoms with Crippen LogP contribution in [0.2, 0.25) is 0 Å². The lowest BCUT2D eigenvalue weighted by molar-refractivity contribution is 0.130. The molecule has 0 spiro atoms. The van der Waals surface area contributed by atoms with Crippen molar-refractivity contribution in [2.75, 3.05) is 6.61 Å². The summed E-state index contributed by atoms with van der Waals surface area (Å²) in [6, 6.07) is 19.1. The zero-order chi connectivity index (χ0) is 12.6. The van der Waals surface area contributed by atoms with Crippen LogP contribution in [0.15, 0.2) is 66.5 Å². The molecule has 0 radical (unpaired) electrons. The van der Waals surface area contributed by atoms with E-state index in [-0.39, 0.29) is 12.4 Å². The molecule has 0 atom stereocenters. The fraction of sp³-hybridized carbons (Fsp3) is 0.125. The van der Waals surface area contributed by atoms with Gasteiger partial charge in [0.25, 0.3) is 0 Å². The van der Waals surface area contributed by atoms with Gasteiger partial charge in [-0.25, -0.2) is 4.39 Å². The highest BCUT2D eigenvalue weighted by Gasteiger charge is 1.97. The van der Waals surface area contributed by atoms with E-state index in [0.717, 1.165) is 11.1 Å². The molecule has 18 heavy (non-hydrogen) atoms. The number of ether oxygens (including phenoxy) is 1. The van der Waals surface area contributed by atoms with Gasteiger partial charge in [0.1, 0.15) is 5.83 Å². The van der Waals surface area contributed by atoms with Crippen LogP contribution in [0.4, 0.5) is 4.39 Å². The van der Waals surface area contributed by atoms with E-state index in [1.165, 1.54) is 6.08 Å². The van der Waals surface area contributed by atoms with Gasteiger partial charge < -0.3 is 4.74 Å². The van der Waals surface area contributed by atoms with Crippen molar-refractivity contribution in [3.63, 3.8) is 0 Å². The first-order valence-corrected chi connectivity index (χ1v) is 5.87. The van der Waals surface area contributed by atoms with Crippen LogP contribution in [0.5, 0.6) is 0 Å². The van der Waals surface area contributed by atoms with Crippen LogP contribution < -0.4 is 0 Å². The molecule has 0 aromatic heterocycles. The minimum atomic E-state index is -0.267. The quantitative estimate of drug-likeness (QED) is 0.763. The third kappa shape index (κ3) is 4.15. The van der Waals surface area contributed by atoms with Crippen molar-refractivity contribution in [3.8, 4) is 0 Å². The molecule has 2 rings (SSSR count). The standard InChI is InChI=1S/C16H15FO/c17-16(11-14-7-3-1-4-8-14)13-18-12-15-9-5-2-6-10-15/h1-11H,12-13H2/b16-11-. The van der Waals surface area contributed by atoms with Crippen molar-refractivity contribution >= 4 is 6.08 Å². The second-order valence-electron chi connectivity index (χ2n) is 3.98. The van der Waals surface area contributed by atoms with Gasteiger partial charge >= 0.3 is 0 Å². The second-order valence-corrected chi connectivity index (χ2v) is 3.98. The van der Waals surface area contributed by atoms with E-state index in [9.17, 15) is 4.39 Å². The normalized spacial score (nSPS) is 11.5. The predicted octanol–water partition coefficient (Wildman–Crippen LogP) is 4.21. The average Bonchev–Trinajstić information content (AvgIpc) is 2.41. The molecule has 1 nitrogen and oxygen atoms in total. The van der Waals surface area contributed by atoms with Crippen LogP contribution >= 0.6 is 0 Å². The SMILES string of the molecule is F/C(=C\c1ccccc1)COCc1ccccc1. The lowest BCUT2D eigenvalue weighted by Gasteiger charge is -2.02. The van der Waals surface area contributed by atoms with Crippen molar-refractivity contribution in [2.45, 2.75) is 6.61 Å². The summed E-state index contributed by atoms with van der Waals surface area (Å²) in [6.45, 7) is 0.431. The van der Waals surface area contributed by atoms with E-state index >= 15 is 0 Å². The van der Waals surface area contributed by atoms with Crippen molar-refractivity contribution in [3.05, 3.63) is 77.6 Å². The van der Waals surface area contributed by atoms with Crippen LogP contribution in [-0.4, -0.2) is 6.61 Å². The number of hydrogen-bond acceptors (Lipinski definition) is 1. The topological polar surface area (TPSA) is 9.23 Å². The zero-order valence-corrected chi connectivity index (χ0v) is 10.1. The summed E-state index contributed by atoms with van der Waals surface area (Å²) in [7, 11) is 0. The minimum Gasteiger partial charge on any atom is -0.370 e. The van der Waals surface area contributed by atoms with Gasteiger partial charge in [-0.1, -0.05) is 60.7 Å². The molecule has 0 heterocycles. The molecule has 2 aromatic carbocycles. The van der Waals surface area contributed by atoms with Gasteiger partial charge in [0.15, 0.2) is 0 Å². The largest absolute Gasteiger partial charge is 0.370 e. The molecular formula is C16H15FO. The van der Waals surface area contributed by atoms with Gasteiger partial charge in [0, 0.05) is 0 Å². The molecule has 0 saturated carbocycles. The third-order valence-electron chi connectivity index (χ3n) is 2.47. The average molecular weight is 242 g/mol. The first-order valence-electron chi connectivity index (χ1n) is 5.87. The molecule has 0 fully saturated rings. The molecule has 0 saturated heterocycles. The number of halogens is 1. The fourth-order valence-electron chi connectivity index (χ4n) is 1.61. The van der Waals surface area contributed by atoms with E-state index in [4.69, 9.17) is 4.74 Å². The number of hydrogen-bond donors (Lipinski definition) is 0. The van der Waals surface area contributed by atoms with Gasteiger partial charge in [-0.2, -0.15) is 0 Å². The van der Waals surface area contributed by atoms with Gasteiger partial charge in [0.2, 0.25) is 0 Å². The number of benzene rings is 2. The molecule has 0 aliphatic heterocycles. The van der Waals surface area contributed by atoms with Gasteiger partial charge in [0.05, 0.1) is 13.2 Å². The van der Waals surface area contributed by atoms with E-state index in [1.54, 1.807) is 0 Å². The summed E-state index contributed by atoms with van der Waals surface area (Å²) in [5.74, 6) is -0.267. The Hall–Kier alpha value is -1.93. The van der Waals surface area contributed by atoms with E-state index in [1.807, 2.05) is 60.7 Å². The molecule has 0 aliphatic carbocycles. The predicted molar refractivity (Wildman–Crippen MR) is 71.6 cm³/mol. The third-order valence-corrected chi connectivity index (χ3v) is 2.47. The van der Waals surface area contributed by atoms with Crippen molar-refractivity contribution < 1.29 is 9.13 Å². The van der Waals surface area contributed by atoms with Crippen molar-refractivity contribution in [1.82, 2.24) is 0 Å². The summed E-state index contributed by atoms with van der Waals surface area (Å²) < 4.78 is 18.8. The summed E-state index contributed by atoms with van der Waals surface area (Å²) in [5, 5.41) is 0. The second kappa shape index (κ2) is 6.72. The van der Waals surface area contributed by atoms with Crippen LogP contribution in [0.3, 0.4) is 0 Å². The Morgan fingerprint density at radius 2 is 1.56 bits per heavy atom. The molecule has 0 amide bonds. The zero-order valence-electron chi connectivity index (χ0n) is 10.1. The van der Waals surface area contributed by atoms with Gasteiger partial charge in [-0.3, -0.25) is 0 Å². The van der Waals surface area contributed by atoms with Crippen LogP contribution in [0.1, 0.15) is 11.1 Å². The van der Waals surface area contributed by atoms with Gasteiger partial charge in [-0.05, 0) is 17.2 Å². The summed E-state index contributed by atoms with van der Waals surface area (Å²) in [6.07, 6.45) is 1.49. The first-order chi connectivity index (χ1) is 8.84. The molecule has 2 aromatic rings.